The van der Waals surface area contributed by atoms with E-state index in [9.17, 15) is 4.79 Å². The van der Waals surface area contributed by atoms with Crippen LogP contribution in [0.1, 0.15) is 19.8 Å². The minimum atomic E-state index is -0.00519. The third-order valence-electron chi connectivity index (χ3n) is 4.21. The summed E-state index contributed by atoms with van der Waals surface area (Å²) in [5.74, 6) is 3.31. The zero-order chi connectivity index (χ0) is 9.16. The molecule has 3 aliphatic rings. The summed E-state index contributed by atoms with van der Waals surface area (Å²) in [5, 5.41) is 0. The van der Waals surface area contributed by atoms with Crippen LogP contribution in [0.2, 0.25) is 0 Å². The summed E-state index contributed by atoms with van der Waals surface area (Å²) in [6.45, 7) is 6.15. The van der Waals surface area contributed by atoms with Crippen LogP contribution >= 0.6 is 0 Å². The number of hydrogen-bond donors (Lipinski definition) is 0. The highest BCUT2D eigenvalue weighted by Gasteiger charge is 2.59. The number of esters is 1. The van der Waals surface area contributed by atoms with Crippen LogP contribution in [0.4, 0.5) is 0 Å². The summed E-state index contributed by atoms with van der Waals surface area (Å²) in [4.78, 5) is 11.5. The Kier molecular flexibility index (Phi) is 1.27. The third kappa shape index (κ3) is 0.767. The highest BCUT2D eigenvalue weighted by Crippen LogP contribution is 2.60. The topological polar surface area (TPSA) is 26.3 Å². The van der Waals surface area contributed by atoms with Crippen molar-refractivity contribution >= 4 is 5.97 Å². The van der Waals surface area contributed by atoms with Gasteiger partial charge in [0.05, 0.1) is 5.92 Å². The zero-order valence-electron chi connectivity index (χ0n) is 7.82. The third-order valence-corrected chi connectivity index (χ3v) is 4.21. The number of rotatable bonds is 0. The predicted octanol–water partition coefficient (Wildman–Crippen LogP) is 1.97. The second-order valence-electron chi connectivity index (χ2n) is 4.81. The molecular formula is C11H14O2. The lowest BCUT2D eigenvalue weighted by Gasteiger charge is -2.25. The first kappa shape index (κ1) is 7.60. The number of allylic oxidation sites excluding steroid dienone is 1. The van der Waals surface area contributed by atoms with Crippen molar-refractivity contribution in [3.8, 4) is 0 Å². The molecule has 2 nitrogen and oxygen atoms in total. The van der Waals surface area contributed by atoms with Crippen LogP contribution in [-0.2, 0) is 9.53 Å². The van der Waals surface area contributed by atoms with Gasteiger partial charge >= 0.3 is 5.97 Å². The Hall–Kier alpha value is -0.790. The molecule has 0 N–H and O–H groups in total. The number of ether oxygens (including phenoxy) is 1. The van der Waals surface area contributed by atoms with E-state index < -0.39 is 0 Å². The smallest absolute Gasteiger partial charge is 0.315 e. The summed E-state index contributed by atoms with van der Waals surface area (Å²) < 4.78 is 5.12. The lowest BCUT2D eigenvalue weighted by atomic mass is 9.75. The molecule has 3 fully saturated rings. The van der Waals surface area contributed by atoms with Gasteiger partial charge in [0.25, 0.3) is 0 Å². The summed E-state index contributed by atoms with van der Waals surface area (Å²) >= 11 is 0. The van der Waals surface area contributed by atoms with Gasteiger partial charge in [-0.25, -0.2) is 0 Å². The molecule has 2 saturated carbocycles. The molecule has 70 valence electrons. The van der Waals surface area contributed by atoms with Crippen LogP contribution in [0.15, 0.2) is 12.3 Å². The van der Waals surface area contributed by atoms with E-state index in [2.05, 4.69) is 13.5 Å². The Morgan fingerprint density at radius 2 is 2.15 bits per heavy atom. The van der Waals surface area contributed by atoms with E-state index in [1.54, 1.807) is 0 Å². The number of cyclic esters (lactones) is 1. The zero-order valence-corrected chi connectivity index (χ0v) is 7.82. The van der Waals surface area contributed by atoms with Crippen molar-refractivity contribution in [1.82, 2.24) is 0 Å². The average molecular weight is 178 g/mol. The molecule has 0 aromatic rings. The van der Waals surface area contributed by atoms with Gasteiger partial charge in [-0.15, -0.1) is 0 Å². The van der Waals surface area contributed by atoms with Gasteiger partial charge in [-0.2, -0.15) is 0 Å². The maximum atomic E-state index is 11.5. The molecule has 1 aliphatic heterocycles. The quantitative estimate of drug-likeness (QED) is 0.530. The van der Waals surface area contributed by atoms with Gasteiger partial charge < -0.3 is 4.74 Å². The van der Waals surface area contributed by atoms with Gasteiger partial charge in [0, 0.05) is 5.92 Å². The molecule has 0 aromatic heterocycles. The van der Waals surface area contributed by atoms with E-state index in [1.165, 1.54) is 12.8 Å². The monoisotopic (exact) mass is 178 g/mol. The minimum absolute atomic E-state index is 0.00519. The van der Waals surface area contributed by atoms with Gasteiger partial charge in [0.2, 0.25) is 0 Å². The molecule has 4 unspecified atom stereocenters. The van der Waals surface area contributed by atoms with Crippen molar-refractivity contribution in [2.45, 2.75) is 19.8 Å². The Morgan fingerprint density at radius 1 is 1.38 bits per heavy atom. The molecule has 0 amide bonds. The molecule has 2 heteroatoms. The fraction of sp³-hybridized carbons (Fsp3) is 0.727. The molecule has 1 heterocycles. The van der Waals surface area contributed by atoms with Crippen LogP contribution < -0.4 is 0 Å². The number of hydrogen-bond acceptors (Lipinski definition) is 2. The number of fused-ring (bicyclic) bond motifs is 5. The van der Waals surface area contributed by atoms with Crippen molar-refractivity contribution in [1.29, 1.82) is 0 Å². The van der Waals surface area contributed by atoms with E-state index in [0.29, 0.717) is 17.8 Å². The van der Waals surface area contributed by atoms with Crippen LogP contribution in [-0.4, -0.2) is 5.97 Å². The molecule has 2 bridgehead atoms. The summed E-state index contributed by atoms with van der Waals surface area (Å²) in [6, 6.07) is 0. The second-order valence-corrected chi connectivity index (χ2v) is 4.81. The van der Waals surface area contributed by atoms with Crippen LogP contribution in [0, 0.1) is 29.6 Å². The largest absolute Gasteiger partial charge is 0.431 e. The molecule has 2 aliphatic carbocycles. The van der Waals surface area contributed by atoms with Crippen LogP contribution in [0.25, 0.3) is 0 Å². The van der Waals surface area contributed by atoms with Crippen LogP contribution in [0.3, 0.4) is 0 Å². The Balaban J connectivity index is 2.00. The van der Waals surface area contributed by atoms with Gasteiger partial charge in [-0.05, 0) is 30.6 Å². The molecule has 13 heavy (non-hydrogen) atoms. The molecule has 5 atom stereocenters. The lowest BCUT2D eigenvalue weighted by molar-refractivity contribution is -0.140. The van der Waals surface area contributed by atoms with Crippen molar-refractivity contribution < 1.29 is 9.53 Å². The highest BCUT2D eigenvalue weighted by atomic mass is 16.5. The number of carbonyl (C=O) groups is 1. The van der Waals surface area contributed by atoms with Crippen molar-refractivity contribution in [3.63, 3.8) is 0 Å². The standard InChI is InChI=1S/C11H14O2/c1-5-3-7-4-8(5)9-6(2)13-11(12)10(7)9/h5,7-10H,2-4H2,1H3/t5-,7?,8?,9?,10?/m0/s1. The van der Waals surface area contributed by atoms with Gasteiger partial charge in [0.1, 0.15) is 5.76 Å². The van der Waals surface area contributed by atoms with Crippen molar-refractivity contribution in [2.24, 2.45) is 29.6 Å². The molecule has 3 rings (SSSR count). The normalized spacial score (nSPS) is 52.5. The lowest BCUT2D eigenvalue weighted by Crippen LogP contribution is -2.26. The molecule has 0 radical (unpaired) electrons. The fourth-order valence-electron chi connectivity index (χ4n) is 3.73. The molecular weight excluding hydrogens is 164 g/mol. The maximum Gasteiger partial charge on any atom is 0.315 e. The Labute approximate surface area is 78.0 Å². The average Bonchev–Trinajstić information content (AvgIpc) is 2.64. The summed E-state index contributed by atoms with van der Waals surface area (Å²) in [7, 11) is 0. The predicted molar refractivity (Wildman–Crippen MR) is 47.6 cm³/mol. The first-order chi connectivity index (χ1) is 6.18. The summed E-state index contributed by atoms with van der Waals surface area (Å²) in [5.41, 5.74) is 0. The molecule has 0 aromatic carbocycles. The van der Waals surface area contributed by atoms with Crippen LogP contribution in [0.5, 0.6) is 0 Å². The van der Waals surface area contributed by atoms with E-state index in [0.717, 1.165) is 11.7 Å². The molecule has 1 saturated heterocycles. The minimum Gasteiger partial charge on any atom is -0.431 e. The molecule has 0 spiro atoms. The Morgan fingerprint density at radius 3 is 2.92 bits per heavy atom. The first-order valence-electron chi connectivity index (χ1n) is 5.09. The van der Waals surface area contributed by atoms with E-state index in [-0.39, 0.29) is 11.9 Å². The van der Waals surface area contributed by atoms with Gasteiger partial charge in [0.15, 0.2) is 0 Å². The fourth-order valence-corrected chi connectivity index (χ4v) is 3.73. The van der Waals surface area contributed by atoms with Crippen molar-refractivity contribution in [3.05, 3.63) is 12.3 Å². The first-order valence-corrected chi connectivity index (χ1v) is 5.09. The SMILES string of the molecule is C=C1OC(=O)C2C3CC(C12)[C@@H](C)C3. The van der Waals surface area contributed by atoms with Gasteiger partial charge in [-0.1, -0.05) is 13.5 Å². The highest BCUT2D eigenvalue weighted by molar-refractivity contribution is 5.78. The summed E-state index contributed by atoms with van der Waals surface area (Å²) in [6.07, 6.45) is 2.44. The second kappa shape index (κ2) is 2.17. The maximum absolute atomic E-state index is 11.5. The number of carbonyl (C=O) groups excluding carboxylic acids is 1. The van der Waals surface area contributed by atoms with Crippen molar-refractivity contribution in [2.75, 3.05) is 0 Å². The van der Waals surface area contributed by atoms with Gasteiger partial charge in [-0.3, -0.25) is 4.79 Å². The van der Waals surface area contributed by atoms with E-state index in [4.69, 9.17) is 4.74 Å². The Bertz CT molecular complexity index is 294. The van der Waals surface area contributed by atoms with E-state index in [1.807, 2.05) is 0 Å². The van der Waals surface area contributed by atoms with E-state index >= 15 is 0 Å².